The van der Waals surface area contributed by atoms with Crippen molar-refractivity contribution in [1.82, 2.24) is 10.9 Å². The van der Waals surface area contributed by atoms with E-state index < -0.39 is 0 Å². The number of nitrogens with zero attached hydrogens (tertiary/aromatic N) is 1. The predicted molar refractivity (Wildman–Crippen MR) is 36.2 cm³/mol. The van der Waals surface area contributed by atoms with E-state index in [1.54, 1.807) is 12.4 Å². The largest absolute Gasteiger partial charge is 0.323 e. The second-order valence-corrected chi connectivity index (χ2v) is 1.51. The summed E-state index contributed by atoms with van der Waals surface area (Å²) < 4.78 is 0. The zero-order valence-electron chi connectivity index (χ0n) is 4.83. The van der Waals surface area contributed by atoms with Crippen LogP contribution in [0.3, 0.4) is 0 Å². The molecule has 1 aliphatic rings. The van der Waals surface area contributed by atoms with Gasteiger partial charge < -0.3 is 5.43 Å². The van der Waals surface area contributed by atoms with Crippen LogP contribution in [0.4, 0.5) is 0 Å². The Hall–Kier alpha value is -1.29. The first-order valence-corrected chi connectivity index (χ1v) is 2.55. The first kappa shape index (κ1) is 5.84. The van der Waals surface area contributed by atoms with Gasteiger partial charge in [-0.2, -0.15) is 5.10 Å². The van der Waals surface area contributed by atoms with Crippen LogP contribution in [0.2, 0.25) is 0 Å². The molecule has 1 aliphatic heterocycles. The Labute approximate surface area is 53.1 Å². The topological polar surface area (TPSA) is 62.4 Å². The third-order valence-corrected chi connectivity index (χ3v) is 0.891. The number of nitrogens with two attached hydrogens (primary N) is 1. The zero-order valence-corrected chi connectivity index (χ0v) is 4.83. The van der Waals surface area contributed by atoms with Gasteiger partial charge in [0.25, 0.3) is 0 Å². The van der Waals surface area contributed by atoms with E-state index in [4.69, 9.17) is 5.84 Å². The van der Waals surface area contributed by atoms with Gasteiger partial charge in [-0.3, -0.25) is 11.3 Å². The van der Waals surface area contributed by atoms with E-state index in [0.717, 1.165) is 5.70 Å². The highest BCUT2D eigenvalue weighted by atomic mass is 15.3. The monoisotopic (exact) mass is 124 g/mol. The van der Waals surface area contributed by atoms with Gasteiger partial charge in [-0.1, -0.05) is 0 Å². The molecule has 0 saturated heterocycles. The first-order valence-electron chi connectivity index (χ1n) is 2.55. The lowest BCUT2D eigenvalue weighted by molar-refractivity contribution is 0.927. The quantitative estimate of drug-likeness (QED) is 0.324. The normalized spacial score (nSPS) is 15.9. The van der Waals surface area contributed by atoms with Crippen molar-refractivity contribution < 1.29 is 0 Å². The maximum absolute atomic E-state index is 5.10. The predicted octanol–water partition coefficient (Wildman–Crippen LogP) is -0.564. The summed E-state index contributed by atoms with van der Waals surface area (Å²) >= 11 is 0. The Balaban J connectivity index is 2.67. The lowest BCUT2D eigenvalue weighted by Crippen LogP contribution is -2.21. The fraction of sp³-hybridized carbons (Fsp3) is 0. The van der Waals surface area contributed by atoms with Crippen LogP contribution >= 0.6 is 0 Å². The molecule has 0 bridgehead atoms. The molecule has 0 fully saturated rings. The molecule has 4 N–H and O–H groups in total. The van der Waals surface area contributed by atoms with Crippen molar-refractivity contribution >= 4 is 6.21 Å². The third-order valence-electron chi connectivity index (χ3n) is 0.891. The Morgan fingerprint density at radius 1 is 1.67 bits per heavy atom. The van der Waals surface area contributed by atoms with Gasteiger partial charge in [-0.15, -0.1) is 0 Å². The van der Waals surface area contributed by atoms with E-state index in [0.29, 0.717) is 0 Å². The molecule has 48 valence electrons. The van der Waals surface area contributed by atoms with E-state index >= 15 is 0 Å². The molecule has 0 saturated carbocycles. The van der Waals surface area contributed by atoms with Crippen molar-refractivity contribution in [2.75, 3.05) is 0 Å². The Morgan fingerprint density at radius 2 is 2.56 bits per heavy atom. The van der Waals surface area contributed by atoms with Crippen molar-refractivity contribution in [3.05, 3.63) is 24.0 Å². The second kappa shape index (κ2) is 2.88. The maximum Gasteiger partial charge on any atom is 0.0716 e. The van der Waals surface area contributed by atoms with E-state index in [1.807, 2.05) is 12.2 Å². The molecule has 0 atom stereocenters. The highest BCUT2D eigenvalue weighted by Crippen LogP contribution is 1.86. The average Bonchev–Trinajstić information content (AvgIpc) is 2.13. The molecule has 9 heavy (non-hydrogen) atoms. The Kier molecular flexibility index (Phi) is 1.87. The van der Waals surface area contributed by atoms with Crippen LogP contribution in [-0.2, 0) is 0 Å². The van der Waals surface area contributed by atoms with Gasteiger partial charge in [-0.05, 0) is 12.2 Å². The number of hydrazine groups is 1. The van der Waals surface area contributed by atoms with Gasteiger partial charge in [-0.25, -0.2) is 0 Å². The summed E-state index contributed by atoms with van der Waals surface area (Å²) in [7, 11) is 0. The average molecular weight is 124 g/mol. The highest BCUT2D eigenvalue weighted by Gasteiger charge is 1.86. The summed E-state index contributed by atoms with van der Waals surface area (Å²) in [6.07, 6.45) is 6.92. The van der Waals surface area contributed by atoms with Gasteiger partial charge in [0.2, 0.25) is 0 Å². The van der Waals surface area contributed by atoms with Crippen LogP contribution in [0.25, 0.3) is 0 Å². The third kappa shape index (κ3) is 1.58. The van der Waals surface area contributed by atoms with Crippen LogP contribution < -0.4 is 16.7 Å². The molecular formula is C5H8N4. The van der Waals surface area contributed by atoms with E-state index in [9.17, 15) is 0 Å². The number of hydrazone groups is 1. The van der Waals surface area contributed by atoms with Crippen molar-refractivity contribution in [3.8, 4) is 0 Å². The van der Waals surface area contributed by atoms with E-state index in [1.165, 1.54) is 0 Å². The van der Waals surface area contributed by atoms with Gasteiger partial charge in [0.1, 0.15) is 0 Å². The molecule has 0 radical (unpaired) electrons. The van der Waals surface area contributed by atoms with Gasteiger partial charge in [0.15, 0.2) is 0 Å². The highest BCUT2D eigenvalue weighted by molar-refractivity contribution is 5.78. The fourth-order valence-electron chi connectivity index (χ4n) is 0.473. The molecule has 0 aromatic rings. The number of nitrogens with one attached hydrogen (secondary N) is 2. The summed E-state index contributed by atoms with van der Waals surface area (Å²) in [6, 6.07) is 0. The lowest BCUT2D eigenvalue weighted by Gasteiger charge is -1.93. The molecule has 1 heterocycles. The summed E-state index contributed by atoms with van der Waals surface area (Å²) in [5.74, 6) is 5.10. The first-order chi connectivity index (χ1) is 4.43. The standard InChI is InChI=1S/C5H8N4/c6-9-5-2-1-3-7-8-4-5/h1-4,7,9H,6H2. The molecule has 0 amide bonds. The van der Waals surface area contributed by atoms with E-state index in [2.05, 4.69) is 16.0 Å². The second-order valence-electron chi connectivity index (χ2n) is 1.51. The summed E-state index contributed by atoms with van der Waals surface area (Å²) in [5.41, 5.74) is 5.89. The summed E-state index contributed by atoms with van der Waals surface area (Å²) in [5, 5.41) is 3.75. The van der Waals surface area contributed by atoms with Crippen molar-refractivity contribution in [2.45, 2.75) is 0 Å². The maximum atomic E-state index is 5.10. The summed E-state index contributed by atoms with van der Waals surface area (Å²) in [4.78, 5) is 0. The fourth-order valence-corrected chi connectivity index (χ4v) is 0.473. The molecular weight excluding hydrogens is 116 g/mol. The lowest BCUT2D eigenvalue weighted by atomic mass is 10.4. The molecule has 0 unspecified atom stereocenters. The van der Waals surface area contributed by atoms with Crippen molar-refractivity contribution in [2.24, 2.45) is 10.9 Å². The minimum absolute atomic E-state index is 0.774. The van der Waals surface area contributed by atoms with E-state index in [-0.39, 0.29) is 0 Å². The molecule has 0 aromatic carbocycles. The summed E-state index contributed by atoms with van der Waals surface area (Å²) in [6.45, 7) is 0. The van der Waals surface area contributed by atoms with Crippen molar-refractivity contribution in [1.29, 1.82) is 0 Å². The Morgan fingerprint density at radius 3 is 3.33 bits per heavy atom. The number of hydrogen-bond acceptors (Lipinski definition) is 4. The van der Waals surface area contributed by atoms with Crippen molar-refractivity contribution in [3.63, 3.8) is 0 Å². The number of hydrogen-bond donors (Lipinski definition) is 3. The minimum Gasteiger partial charge on any atom is -0.323 e. The number of rotatable bonds is 1. The van der Waals surface area contributed by atoms with Crippen LogP contribution in [-0.4, -0.2) is 6.21 Å². The van der Waals surface area contributed by atoms with Crippen LogP contribution in [0.1, 0.15) is 0 Å². The van der Waals surface area contributed by atoms with Gasteiger partial charge in [0, 0.05) is 6.20 Å². The smallest absolute Gasteiger partial charge is 0.0716 e. The van der Waals surface area contributed by atoms with Crippen LogP contribution in [0.15, 0.2) is 29.2 Å². The SMILES string of the molecule is NNC1=CC=CNN=C1. The van der Waals surface area contributed by atoms with Gasteiger partial charge in [0.05, 0.1) is 11.9 Å². The minimum atomic E-state index is 0.774. The molecule has 0 spiro atoms. The molecule has 4 heteroatoms. The zero-order chi connectivity index (χ0) is 6.53. The molecule has 0 aliphatic carbocycles. The number of allylic oxidation sites excluding steroid dienone is 3. The molecule has 4 nitrogen and oxygen atoms in total. The Bertz CT molecular complexity index is 168. The van der Waals surface area contributed by atoms with Crippen LogP contribution in [0.5, 0.6) is 0 Å². The molecule has 0 aromatic heterocycles. The van der Waals surface area contributed by atoms with Gasteiger partial charge >= 0.3 is 0 Å². The molecule has 1 rings (SSSR count). The van der Waals surface area contributed by atoms with Crippen LogP contribution in [0, 0.1) is 0 Å².